The SMILES string of the molecule is CN=C1S/C(=C\c2cc3c(cc2Br)OCO3)C(=O)N1C. The van der Waals surface area contributed by atoms with E-state index < -0.39 is 0 Å². The minimum Gasteiger partial charge on any atom is -0.454 e. The quantitative estimate of drug-likeness (QED) is 0.727. The van der Waals surface area contributed by atoms with Gasteiger partial charge in [-0.05, 0) is 35.5 Å². The number of likely N-dealkylation sites (N-methyl/N-ethyl adjacent to an activating group) is 1. The number of carbonyl (C=O) groups is 1. The Hall–Kier alpha value is -1.47. The molecule has 3 rings (SSSR count). The van der Waals surface area contributed by atoms with Crippen LogP contribution in [-0.4, -0.2) is 36.9 Å². The van der Waals surface area contributed by atoms with Crippen LogP contribution >= 0.6 is 27.7 Å². The molecular weight excluding hydrogens is 344 g/mol. The Morgan fingerprint density at radius 3 is 2.75 bits per heavy atom. The van der Waals surface area contributed by atoms with Gasteiger partial charge in [-0.3, -0.25) is 14.7 Å². The number of hydrogen-bond acceptors (Lipinski definition) is 5. The number of aliphatic imine (C=N–C) groups is 1. The second-order valence-corrected chi connectivity index (χ2v) is 6.07. The number of rotatable bonds is 1. The van der Waals surface area contributed by atoms with Gasteiger partial charge in [0.25, 0.3) is 5.91 Å². The number of amides is 1. The first-order valence-electron chi connectivity index (χ1n) is 5.83. The van der Waals surface area contributed by atoms with Crippen LogP contribution in [0.1, 0.15) is 5.56 Å². The third-order valence-corrected chi connectivity index (χ3v) is 4.81. The summed E-state index contributed by atoms with van der Waals surface area (Å²) in [5.74, 6) is 1.34. The molecule has 1 fully saturated rings. The van der Waals surface area contributed by atoms with Crippen LogP contribution in [0.5, 0.6) is 11.5 Å². The smallest absolute Gasteiger partial charge is 0.266 e. The highest BCUT2D eigenvalue weighted by molar-refractivity contribution is 9.10. The van der Waals surface area contributed by atoms with Crippen molar-refractivity contribution in [3.05, 3.63) is 27.1 Å². The number of amidine groups is 1. The zero-order valence-electron chi connectivity index (χ0n) is 10.8. The Morgan fingerprint density at radius 2 is 2.10 bits per heavy atom. The van der Waals surface area contributed by atoms with Crippen LogP contribution in [0, 0.1) is 0 Å². The van der Waals surface area contributed by atoms with E-state index in [1.807, 2.05) is 18.2 Å². The molecule has 0 aromatic heterocycles. The summed E-state index contributed by atoms with van der Waals surface area (Å²) in [5.41, 5.74) is 0.871. The molecule has 1 saturated heterocycles. The van der Waals surface area contributed by atoms with Gasteiger partial charge in [-0.25, -0.2) is 0 Å². The molecule has 0 unspecified atom stereocenters. The molecule has 7 heteroatoms. The lowest BCUT2D eigenvalue weighted by atomic mass is 10.2. The van der Waals surface area contributed by atoms with Crippen molar-refractivity contribution < 1.29 is 14.3 Å². The molecule has 1 aromatic carbocycles. The van der Waals surface area contributed by atoms with Crippen molar-refractivity contribution in [2.75, 3.05) is 20.9 Å². The zero-order valence-corrected chi connectivity index (χ0v) is 13.2. The highest BCUT2D eigenvalue weighted by Gasteiger charge is 2.30. The van der Waals surface area contributed by atoms with Crippen molar-refractivity contribution >= 4 is 44.8 Å². The predicted molar refractivity (Wildman–Crippen MR) is 82.0 cm³/mol. The van der Waals surface area contributed by atoms with E-state index in [0.29, 0.717) is 21.6 Å². The molecule has 0 bridgehead atoms. The number of fused-ring (bicyclic) bond motifs is 1. The zero-order chi connectivity index (χ0) is 14.3. The summed E-state index contributed by atoms with van der Waals surface area (Å²) in [4.78, 5) is 18.4. The van der Waals surface area contributed by atoms with Crippen LogP contribution < -0.4 is 9.47 Å². The summed E-state index contributed by atoms with van der Waals surface area (Å²) < 4.78 is 11.5. The molecule has 1 amide bonds. The fourth-order valence-electron chi connectivity index (χ4n) is 1.93. The van der Waals surface area contributed by atoms with Gasteiger partial charge in [0.2, 0.25) is 6.79 Å². The topological polar surface area (TPSA) is 51.1 Å². The maximum Gasteiger partial charge on any atom is 0.266 e. The van der Waals surface area contributed by atoms with Gasteiger partial charge >= 0.3 is 0 Å². The average Bonchev–Trinajstić information content (AvgIpc) is 2.98. The molecule has 1 aromatic rings. The van der Waals surface area contributed by atoms with Gasteiger partial charge in [0, 0.05) is 18.6 Å². The first-order valence-corrected chi connectivity index (χ1v) is 7.44. The Morgan fingerprint density at radius 1 is 1.40 bits per heavy atom. The lowest BCUT2D eigenvalue weighted by Crippen LogP contribution is -2.23. The molecule has 0 spiro atoms. The van der Waals surface area contributed by atoms with E-state index in [1.54, 1.807) is 14.1 Å². The molecule has 20 heavy (non-hydrogen) atoms. The van der Waals surface area contributed by atoms with Gasteiger partial charge in [0.1, 0.15) is 0 Å². The Labute approximate surface area is 128 Å². The van der Waals surface area contributed by atoms with Gasteiger partial charge < -0.3 is 9.47 Å². The maximum absolute atomic E-state index is 12.1. The molecule has 5 nitrogen and oxygen atoms in total. The van der Waals surface area contributed by atoms with Crippen LogP contribution in [-0.2, 0) is 4.79 Å². The van der Waals surface area contributed by atoms with Crippen molar-refractivity contribution in [3.8, 4) is 11.5 Å². The van der Waals surface area contributed by atoms with Crippen molar-refractivity contribution in [1.29, 1.82) is 0 Å². The van der Waals surface area contributed by atoms with Crippen LogP contribution in [0.25, 0.3) is 6.08 Å². The summed E-state index contributed by atoms with van der Waals surface area (Å²) in [6.45, 7) is 0.227. The Bertz CT molecular complexity index is 657. The number of thioether (sulfide) groups is 1. The van der Waals surface area contributed by atoms with Gasteiger partial charge in [-0.15, -0.1) is 0 Å². The molecule has 2 aliphatic heterocycles. The van der Waals surface area contributed by atoms with Gasteiger partial charge in [-0.2, -0.15) is 0 Å². The van der Waals surface area contributed by atoms with Gasteiger partial charge in [0.05, 0.1) is 4.91 Å². The molecular formula is C13H11BrN2O3S. The molecule has 0 aliphatic carbocycles. The molecule has 0 N–H and O–H groups in total. The summed E-state index contributed by atoms with van der Waals surface area (Å²) in [7, 11) is 3.39. The van der Waals surface area contributed by atoms with Crippen LogP contribution in [0.3, 0.4) is 0 Å². The van der Waals surface area contributed by atoms with E-state index >= 15 is 0 Å². The van der Waals surface area contributed by atoms with E-state index in [1.165, 1.54) is 16.7 Å². The van der Waals surface area contributed by atoms with Gasteiger partial charge in [-0.1, -0.05) is 15.9 Å². The second-order valence-electron chi connectivity index (χ2n) is 4.21. The van der Waals surface area contributed by atoms with E-state index in [9.17, 15) is 4.79 Å². The number of nitrogens with zero attached hydrogens (tertiary/aromatic N) is 2. The molecule has 0 saturated carbocycles. The monoisotopic (exact) mass is 354 g/mol. The Kier molecular flexibility index (Phi) is 3.47. The van der Waals surface area contributed by atoms with Crippen molar-refractivity contribution in [2.45, 2.75) is 0 Å². The van der Waals surface area contributed by atoms with Crippen molar-refractivity contribution in [3.63, 3.8) is 0 Å². The maximum atomic E-state index is 12.1. The summed E-state index contributed by atoms with van der Waals surface area (Å²) in [6.07, 6.45) is 1.83. The standard InChI is InChI=1S/C13H11BrN2O3S/c1-15-13-16(2)12(17)11(20-13)4-7-3-9-10(5-8(7)14)19-6-18-9/h3-5H,6H2,1-2H3/b11-4-,15-13?. The van der Waals surface area contributed by atoms with Crippen molar-refractivity contribution in [1.82, 2.24) is 4.90 Å². The van der Waals surface area contributed by atoms with Crippen LogP contribution in [0.15, 0.2) is 26.5 Å². The Balaban J connectivity index is 1.99. The first kappa shape index (κ1) is 13.5. The third kappa shape index (κ3) is 2.20. The third-order valence-electron chi connectivity index (χ3n) is 2.97. The first-order chi connectivity index (χ1) is 9.60. The lowest BCUT2D eigenvalue weighted by Gasteiger charge is -2.05. The number of halogens is 1. The fraction of sp³-hybridized carbons (Fsp3) is 0.231. The summed E-state index contributed by atoms with van der Waals surface area (Å²) in [5, 5.41) is 0.693. The highest BCUT2D eigenvalue weighted by Crippen LogP contribution is 2.39. The fourth-order valence-corrected chi connectivity index (χ4v) is 3.29. The highest BCUT2D eigenvalue weighted by atomic mass is 79.9. The minimum atomic E-state index is -0.0554. The minimum absolute atomic E-state index is 0.0554. The van der Waals surface area contributed by atoms with Crippen LogP contribution in [0.4, 0.5) is 0 Å². The predicted octanol–water partition coefficient (Wildman–Crippen LogP) is 2.71. The lowest BCUT2D eigenvalue weighted by molar-refractivity contribution is -0.121. The number of ether oxygens (including phenoxy) is 2. The largest absolute Gasteiger partial charge is 0.454 e. The number of hydrogen-bond donors (Lipinski definition) is 0. The number of carbonyl (C=O) groups excluding carboxylic acids is 1. The van der Waals surface area contributed by atoms with Gasteiger partial charge in [0.15, 0.2) is 16.7 Å². The van der Waals surface area contributed by atoms with E-state index in [0.717, 1.165) is 10.0 Å². The van der Waals surface area contributed by atoms with E-state index in [4.69, 9.17) is 9.47 Å². The molecule has 104 valence electrons. The van der Waals surface area contributed by atoms with E-state index in [2.05, 4.69) is 20.9 Å². The number of benzene rings is 1. The molecule has 2 heterocycles. The molecule has 0 radical (unpaired) electrons. The summed E-state index contributed by atoms with van der Waals surface area (Å²) >= 11 is 4.84. The molecule has 0 atom stereocenters. The molecule has 2 aliphatic rings. The average molecular weight is 355 g/mol. The van der Waals surface area contributed by atoms with E-state index in [-0.39, 0.29) is 12.7 Å². The second kappa shape index (κ2) is 5.14. The normalized spacial score (nSPS) is 21.4. The summed E-state index contributed by atoms with van der Waals surface area (Å²) in [6, 6.07) is 3.70. The van der Waals surface area contributed by atoms with Crippen molar-refractivity contribution in [2.24, 2.45) is 4.99 Å². The van der Waals surface area contributed by atoms with Crippen LogP contribution in [0.2, 0.25) is 0 Å².